The number of rotatable bonds is 6. The van der Waals surface area contributed by atoms with Crippen molar-refractivity contribution in [3.63, 3.8) is 0 Å². The molecule has 0 aliphatic rings. The minimum atomic E-state index is -1.35. The molecule has 1 heterocycles. The molecule has 2 aromatic rings. The lowest BCUT2D eigenvalue weighted by Gasteiger charge is -2.12. The molecule has 1 aromatic heterocycles. The molecule has 0 spiro atoms. The third-order valence-corrected chi connectivity index (χ3v) is 3.04. The monoisotopic (exact) mass is 333 g/mol. The third-order valence-electron chi connectivity index (χ3n) is 3.04. The SMILES string of the molecule is C/C=C/c1oc(C(=O)O)cc(=O)c1OCc1ccc([NH+]([O-])O)cc1. The smallest absolute Gasteiger partial charge is 0.371 e. The summed E-state index contributed by atoms with van der Waals surface area (Å²) < 4.78 is 10.6. The van der Waals surface area contributed by atoms with Crippen molar-refractivity contribution in [3.05, 3.63) is 68.9 Å². The van der Waals surface area contributed by atoms with Crippen molar-refractivity contribution in [2.24, 2.45) is 0 Å². The predicted molar refractivity (Wildman–Crippen MR) is 83.2 cm³/mol. The van der Waals surface area contributed by atoms with Gasteiger partial charge in [-0.3, -0.25) is 4.79 Å². The molecule has 0 saturated heterocycles. The van der Waals surface area contributed by atoms with Gasteiger partial charge in [-0.15, -0.1) is 0 Å². The van der Waals surface area contributed by atoms with Gasteiger partial charge in [-0.25, -0.2) is 10.0 Å². The van der Waals surface area contributed by atoms with Gasteiger partial charge >= 0.3 is 5.97 Å². The quantitative estimate of drug-likeness (QED) is 0.682. The first-order chi connectivity index (χ1) is 11.4. The Morgan fingerprint density at radius 3 is 2.58 bits per heavy atom. The van der Waals surface area contributed by atoms with Crippen molar-refractivity contribution in [2.75, 3.05) is 0 Å². The first-order valence-electron chi connectivity index (χ1n) is 6.91. The Balaban J connectivity index is 2.25. The van der Waals surface area contributed by atoms with E-state index in [-0.39, 0.29) is 23.8 Å². The first-order valence-corrected chi connectivity index (χ1v) is 6.91. The number of quaternary nitrogens is 1. The van der Waals surface area contributed by atoms with Crippen LogP contribution in [0.1, 0.15) is 28.8 Å². The lowest BCUT2D eigenvalue weighted by Crippen LogP contribution is -2.99. The van der Waals surface area contributed by atoms with E-state index in [2.05, 4.69) is 0 Å². The summed E-state index contributed by atoms with van der Waals surface area (Å²) in [5, 5.41) is 27.5. The molecule has 1 unspecified atom stereocenters. The van der Waals surface area contributed by atoms with Crippen LogP contribution in [0.2, 0.25) is 0 Å². The fraction of sp³-hybridized carbons (Fsp3) is 0.125. The van der Waals surface area contributed by atoms with E-state index < -0.39 is 22.4 Å². The zero-order valence-electron chi connectivity index (χ0n) is 12.7. The molecule has 1 aromatic carbocycles. The summed E-state index contributed by atoms with van der Waals surface area (Å²) in [7, 11) is 0. The van der Waals surface area contributed by atoms with Crippen LogP contribution < -0.4 is 15.4 Å². The fourth-order valence-corrected chi connectivity index (χ4v) is 1.91. The van der Waals surface area contributed by atoms with Crippen LogP contribution in [-0.4, -0.2) is 16.3 Å². The maximum Gasteiger partial charge on any atom is 0.371 e. The zero-order valence-corrected chi connectivity index (χ0v) is 12.7. The van der Waals surface area contributed by atoms with Gasteiger partial charge in [-0.05, 0) is 30.7 Å². The van der Waals surface area contributed by atoms with Crippen molar-refractivity contribution in [2.45, 2.75) is 13.5 Å². The van der Waals surface area contributed by atoms with E-state index >= 15 is 0 Å². The summed E-state index contributed by atoms with van der Waals surface area (Å²) in [6.45, 7) is 1.68. The van der Waals surface area contributed by atoms with Gasteiger partial charge in [0.25, 0.3) is 0 Å². The largest absolute Gasteiger partial charge is 0.595 e. The summed E-state index contributed by atoms with van der Waals surface area (Å²) >= 11 is 0. The second-order valence-electron chi connectivity index (χ2n) is 4.76. The van der Waals surface area contributed by atoms with E-state index in [0.29, 0.717) is 5.56 Å². The highest BCUT2D eigenvalue weighted by Crippen LogP contribution is 2.19. The van der Waals surface area contributed by atoms with Crippen LogP contribution in [-0.2, 0) is 6.61 Å². The molecule has 0 radical (unpaired) electrons. The number of hydrogen-bond acceptors (Lipinski definition) is 6. The topological polar surface area (TPSA) is 124 Å². The minimum Gasteiger partial charge on any atom is -0.595 e. The van der Waals surface area contributed by atoms with Crippen LogP contribution in [0, 0.1) is 5.21 Å². The van der Waals surface area contributed by atoms with E-state index in [4.69, 9.17) is 19.5 Å². The number of allylic oxidation sites excluding steroid dienone is 1. The van der Waals surface area contributed by atoms with Crippen molar-refractivity contribution in [1.29, 1.82) is 0 Å². The molecule has 0 aliphatic heterocycles. The Bertz CT molecular complexity index is 806. The van der Waals surface area contributed by atoms with Gasteiger partial charge in [-0.2, -0.15) is 5.23 Å². The van der Waals surface area contributed by atoms with Crippen LogP contribution in [0.4, 0.5) is 5.69 Å². The zero-order chi connectivity index (χ0) is 17.7. The number of aromatic carboxylic acids is 1. The van der Waals surface area contributed by atoms with E-state index in [1.54, 1.807) is 25.1 Å². The summed E-state index contributed by atoms with van der Waals surface area (Å²) in [5.74, 6) is -1.94. The number of carbonyl (C=O) groups is 1. The van der Waals surface area contributed by atoms with Gasteiger partial charge in [0, 0.05) is 18.2 Å². The van der Waals surface area contributed by atoms with Gasteiger partial charge < -0.3 is 19.5 Å². The predicted octanol–water partition coefficient (Wildman–Crippen LogP) is 1.35. The minimum absolute atomic E-state index is 0.00162. The molecule has 0 saturated carbocycles. The number of nitrogens with one attached hydrogen (secondary N) is 1. The molecule has 8 heteroatoms. The van der Waals surface area contributed by atoms with Gasteiger partial charge in [0.2, 0.25) is 16.9 Å². The average molecular weight is 333 g/mol. The maximum atomic E-state index is 12.0. The van der Waals surface area contributed by atoms with Crippen LogP contribution in [0.5, 0.6) is 5.75 Å². The standard InChI is InChI=1S/C16H15NO7/c1-2-3-13-15(12(18)8-14(24-13)16(19)20)23-9-10-4-6-11(7-5-10)17(21)22/h2-8,17,21H,9H2,1H3,(H,19,20)/b3-2+. The van der Waals surface area contributed by atoms with E-state index in [9.17, 15) is 14.8 Å². The molecule has 3 N–H and O–H groups in total. The van der Waals surface area contributed by atoms with Crippen LogP contribution in [0.3, 0.4) is 0 Å². The summed E-state index contributed by atoms with van der Waals surface area (Å²) in [6.07, 6.45) is 3.01. The van der Waals surface area contributed by atoms with Crippen LogP contribution in [0.25, 0.3) is 6.08 Å². The average Bonchev–Trinajstić information content (AvgIpc) is 2.54. The van der Waals surface area contributed by atoms with Crippen molar-refractivity contribution in [1.82, 2.24) is 0 Å². The number of carboxylic acids is 1. The molecule has 0 amide bonds. The molecular formula is C16H15NO7. The van der Waals surface area contributed by atoms with Crippen molar-refractivity contribution >= 4 is 17.7 Å². The van der Waals surface area contributed by atoms with Gasteiger partial charge in [-0.1, -0.05) is 6.08 Å². The van der Waals surface area contributed by atoms with E-state index in [1.807, 2.05) is 0 Å². The van der Waals surface area contributed by atoms with E-state index in [1.165, 1.54) is 18.2 Å². The first kappa shape index (κ1) is 17.4. The Morgan fingerprint density at radius 1 is 1.38 bits per heavy atom. The molecule has 8 nitrogen and oxygen atoms in total. The molecule has 126 valence electrons. The normalized spacial score (nSPS) is 12.3. The summed E-state index contributed by atoms with van der Waals surface area (Å²) in [5.41, 5.74) is 0.167. The highest BCUT2D eigenvalue weighted by molar-refractivity contribution is 5.84. The Labute approximate surface area is 136 Å². The maximum absolute atomic E-state index is 12.0. The van der Waals surface area contributed by atoms with Crippen molar-refractivity contribution < 1.29 is 29.5 Å². The molecule has 0 bridgehead atoms. The molecule has 2 rings (SSSR count). The molecule has 0 aliphatic carbocycles. The number of carboxylic acid groups (broad SMARTS) is 1. The lowest BCUT2D eigenvalue weighted by atomic mass is 10.2. The summed E-state index contributed by atoms with van der Waals surface area (Å²) in [4.78, 5) is 23.0. The van der Waals surface area contributed by atoms with Crippen LogP contribution >= 0.6 is 0 Å². The lowest BCUT2D eigenvalue weighted by molar-refractivity contribution is -0.991. The fourth-order valence-electron chi connectivity index (χ4n) is 1.91. The van der Waals surface area contributed by atoms with Gasteiger partial charge in [0.15, 0.2) is 11.4 Å². The number of ether oxygens (including phenoxy) is 1. The van der Waals surface area contributed by atoms with Crippen molar-refractivity contribution in [3.8, 4) is 5.75 Å². The molecule has 0 fully saturated rings. The second kappa shape index (κ2) is 7.55. The number of benzene rings is 1. The Kier molecular flexibility index (Phi) is 5.48. The molecular weight excluding hydrogens is 318 g/mol. The van der Waals surface area contributed by atoms with Crippen LogP contribution in [0.15, 0.2) is 45.6 Å². The third kappa shape index (κ3) is 4.07. The number of hydrogen-bond donors (Lipinski definition) is 3. The molecule has 1 atom stereocenters. The van der Waals surface area contributed by atoms with Gasteiger partial charge in [0.1, 0.15) is 6.61 Å². The molecule has 24 heavy (non-hydrogen) atoms. The van der Waals surface area contributed by atoms with Gasteiger partial charge in [0.05, 0.1) is 0 Å². The Hall–Kier alpha value is -2.94. The highest BCUT2D eigenvalue weighted by Gasteiger charge is 2.16. The highest BCUT2D eigenvalue weighted by atomic mass is 16.8. The Morgan fingerprint density at radius 2 is 2.04 bits per heavy atom. The van der Waals surface area contributed by atoms with E-state index in [0.717, 1.165) is 6.07 Å². The summed E-state index contributed by atoms with van der Waals surface area (Å²) in [6, 6.07) is 6.81. The second-order valence-corrected chi connectivity index (χ2v) is 4.76.